The third kappa shape index (κ3) is 4.36. The van der Waals surface area contributed by atoms with Gasteiger partial charge in [-0.3, -0.25) is 0 Å². The van der Waals surface area contributed by atoms with Crippen molar-refractivity contribution in [3.05, 3.63) is 71.2 Å². The van der Waals surface area contributed by atoms with E-state index in [2.05, 4.69) is 18.8 Å². The Balaban J connectivity index is 1.73. The first-order valence-electron chi connectivity index (χ1n) is 8.53. The molecule has 0 aliphatic carbocycles. The third-order valence-electron chi connectivity index (χ3n) is 3.87. The van der Waals surface area contributed by atoms with Gasteiger partial charge in [0, 0.05) is 0 Å². The van der Waals surface area contributed by atoms with Crippen molar-refractivity contribution in [1.82, 2.24) is 0 Å². The van der Waals surface area contributed by atoms with Gasteiger partial charge in [-0.2, -0.15) is 0 Å². The number of halogens is 1. The lowest BCUT2D eigenvalue weighted by atomic mass is 10.1. The summed E-state index contributed by atoms with van der Waals surface area (Å²) in [6.45, 7) is 4.96. The Morgan fingerprint density at radius 1 is 1.15 bits per heavy atom. The topological polar surface area (TPSA) is 47.9 Å². The predicted octanol–water partition coefficient (Wildman–Crippen LogP) is 4.60. The maximum Gasteiger partial charge on any atom is 0.363 e. The Morgan fingerprint density at radius 2 is 1.88 bits per heavy atom. The summed E-state index contributed by atoms with van der Waals surface area (Å²) in [5.74, 6) is 0.267. The standard InChI is InChI=1S/C21H20FNO3/c1-14(2)11-12-25-16-9-7-15(8-10-16)13-19-21(24)26-20(23-19)17-5-3-4-6-18(17)22/h3-10,13-14H,11-12H2,1-2H3. The molecule has 4 nitrogen and oxygen atoms in total. The molecule has 0 N–H and O–H groups in total. The lowest BCUT2D eigenvalue weighted by Gasteiger charge is -2.08. The Hall–Kier alpha value is -2.95. The van der Waals surface area contributed by atoms with Crippen LogP contribution in [0.15, 0.2) is 59.2 Å². The molecule has 0 amide bonds. The van der Waals surface area contributed by atoms with Crippen LogP contribution in [0.3, 0.4) is 0 Å². The largest absolute Gasteiger partial charge is 0.494 e. The van der Waals surface area contributed by atoms with Crippen molar-refractivity contribution < 1.29 is 18.7 Å². The monoisotopic (exact) mass is 353 g/mol. The number of ether oxygens (including phenoxy) is 2. The van der Waals surface area contributed by atoms with Gasteiger partial charge >= 0.3 is 5.97 Å². The lowest BCUT2D eigenvalue weighted by Crippen LogP contribution is -2.07. The van der Waals surface area contributed by atoms with Gasteiger partial charge in [0.1, 0.15) is 11.6 Å². The second-order valence-electron chi connectivity index (χ2n) is 6.42. The zero-order chi connectivity index (χ0) is 18.5. The van der Waals surface area contributed by atoms with Crippen LogP contribution in [0.2, 0.25) is 0 Å². The van der Waals surface area contributed by atoms with Gasteiger partial charge < -0.3 is 9.47 Å². The quantitative estimate of drug-likeness (QED) is 0.563. The predicted molar refractivity (Wildman–Crippen MR) is 98.4 cm³/mol. The first-order chi connectivity index (χ1) is 12.5. The number of carbonyl (C=O) groups excluding carboxylic acids is 1. The van der Waals surface area contributed by atoms with Crippen LogP contribution < -0.4 is 4.74 Å². The zero-order valence-corrected chi connectivity index (χ0v) is 14.7. The minimum atomic E-state index is -0.597. The fourth-order valence-electron chi connectivity index (χ4n) is 2.39. The van der Waals surface area contributed by atoms with E-state index in [9.17, 15) is 9.18 Å². The summed E-state index contributed by atoms with van der Waals surface area (Å²) in [7, 11) is 0. The first-order valence-corrected chi connectivity index (χ1v) is 8.53. The number of hydrogen-bond acceptors (Lipinski definition) is 4. The van der Waals surface area contributed by atoms with E-state index >= 15 is 0 Å². The second-order valence-corrected chi connectivity index (χ2v) is 6.42. The van der Waals surface area contributed by atoms with Crippen LogP contribution in [0.5, 0.6) is 5.75 Å². The molecule has 0 unspecified atom stereocenters. The van der Waals surface area contributed by atoms with Gasteiger partial charge in [-0.15, -0.1) is 0 Å². The minimum Gasteiger partial charge on any atom is -0.494 e. The normalized spacial score (nSPS) is 15.3. The smallest absolute Gasteiger partial charge is 0.363 e. The number of benzene rings is 2. The van der Waals surface area contributed by atoms with Crippen LogP contribution in [0.4, 0.5) is 4.39 Å². The summed E-state index contributed by atoms with van der Waals surface area (Å²) >= 11 is 0. The Bertz CT molecular complexity index is 854. The van der Waals surface area contributed by atoms with Gasteiger partial charge in [0.2, 0.25) is 5.90 Å². The summed E-state index contributed by atoms with van der Waals surface area (Å²) in [6, 6.07) is 13.4. The summed E-state index contributed by atoms with van der Waals surface area (Å²) < 4.78 is 24.6. The van der Waals surface area contributed by atoms with Crippen molar-refractivity contribution in [3.8, 4) is 5.75 Å². The fraction of sp³-hybridized carbons (Fsp3) is 0.238. The van der Waals surface area contributed by atoms with Gasteiger partial charge in [0.25, 0.3) is 0 Å². The highest BCUT2D eigenvalue weighted by Gasteiger charge is 2.25. The lowest BCUT2D eigenvalue weighted by molar-refractivity contribution is -0.129. The summed E-state index contributed by atoms with van der Waals surface area (Å²) in [4.78, 5) is 16.1. The number of nitrogens with zero attached hydrogens (tertiary/aromatic N) is 1. The summed E-state index contributed by atoms with van der Waals surface area (Å²) in [5.41, 5.74) is 1.08. The third-order valence-corrected chi connectivity index (χ3v) is 3.87. The summed E-state index contributed by atoms with van der Waals surface area (Å²) in [6.07, 6.45) is 2.60. The molecule has 0 aromatic heterocycles. The number of aliphatic imine (C=N–C) groups is 1. The Labute approximate surface area is 152 Å². The van der Waals surface area contributed by atoms with E-state index in [0.29, 0.717) is 12.5 Å². The average Bonchev–Trinajstić information content (AvgIpc) is 2.97. The molecule has 3 rings (SSSR count). The minimum absolute atomic E-state index is 0.0204. The maximum atomic E-state index is 13.8. The van der Waals surface area contributed by atoms with Gasteiger partial charge in [0.05, 0.1) is 12.2 Å². The van der Waals surface area contributed by atoms with E-state index in [4.69, 9.17) is 9.47 Å². The molecule has 26 heavy (non-hydrogen) atoms. The van der Waals surface area contributed by atoms with E-state index in [-0.39, 0.29) is 17.2 Å². The highest BCUT2D eigenvalue weighted by molar-refractivity contribution is 6.12. The van der Waals surface area contributed by atoms with E-state index < -0.39 is 11.8 Å². The van der Waals surface area contributed by atoms with Crippen LogP contribution in [0.25, 0.3) is 6.08 Å². The van der Waals surface area contributed by atoms with Gasteiger partial charge in [-0.05, 0) is 48.2 Å². The van der Waals surface area contributed by atoms with Crippen LogP contribution in [-0.2, 0) is 9.53 Å². The highest BCUT2D eigenvalue weighted by Crippen LogP contribution is 2.21. The maximum absolute atomic E-state index is 13.8. The first kappa shape index (κ1) is 17.9. The number of hydrogen-bond donors (Lipinski definition) is 0. The molecule has 0 saturated heterocycles. The van der Waals surface area contributed by atoms with Crippen LogP contribution >= 0.6 is 0 Å². The fourth-order valence-corrected chi connectivity index (χ4v) is 2.39. The molecule has 1 aliphatic heterocycles. The summed E-state index contributed by atoms with van der Waals surface area (Å²) in [5, 5.41) is 0. The second kappa shape index (κ2) is 7.95. The number of carbonyl (C=O) groups is 1. The highest BCUT2D eigenvalue weighted by atomic mass is 19.1. The van der Waals surface area contributed by atoms with E-state index in [1.807, 2.05) is 24.3 Å². The van der Waals surface area contributed by atoms with Crippen molar-refractivity contribution in [2.45, 2.75) is 20.3 Å². The SMILES string of the molecule is CC(C)CCOc1ccc(C=C2N=C(c3ccccc3F)OC2=O)cc1. The van der Waals surface area contributed by atoms with Gasteiger partial charge in [-0.25, -0.2) is 14.2 Å². The molecule has 0 spiro atoms. The molecular weight excluding hydrogens is 333 g/mol. The number of rotatable bonds is 6. The average molecular weight is 353 g/mol. The van der Waals surface area contributed by atoms with Crippen LogP contribution in [0, 0.1) is 11.7 Å². The van der Waals surface area contributed by atoms with Crippen molar-refractivity contribution in [1.29, 1.82) is 0 Å². The molecule has 0 atom stereocenters. The molecule has 0 saturated carbocycles. The van der Waals surface area contributed by atoms with Crippen molar-refractivity contribution in [3.63, 3.8) is 0 Å². The van der Waals surface area contributed by atoms with E-state index in [1.165, 1.54) is 12.1 Å². The van der Waals surface area contributed by atoms with E-state index in [1.54, 1.807) is 18.2 Å². The van der Waals surface area contributed by atoms with Crippen LogP contribution in [-0.4, -0.2) is 18.5 Å². The molecule has 2 aromatic carbocycles. The van der Waals surface area contributed by atoms with Gasteiger partial charge in [0.15, 0.2) is 5.70 Å². The Morgan fingerprint density at radius 3 is 2.58 bits per heavy atom. The molecule has 1 aliphatic rings. The van der Waals surface area contributed by atoms with Gasteiger partial charge in [-0.1, -0.05) is 38.1 Å². The molecule has 1 heterocycles. The molecule has 134 valence electrons. The van der Waals surface area contributed by atoms with Crippen molar-refractivity contribution in [2.75, 3.05) is 6.61 Å². The molecule has 2 aromatic rings. The van der Waals surface area contributed by atoms with Crippen molar-refractivity contribution >= 4 is 17.9 Å². The molecule has 5 heteroatoms. The molecule has 0 radical (unpaired) electrons. The zero-order valence-electron chi connectivity index (χ0n) is 14.7. The molecule has 0 bridgehead atoms. The van der Waals surface area contributed by atoms with Crippen LogP contribution in [0.1, 0.15) is 31.4 Å². The van der Waals surface area contributed by atoms with E-state index in [0.717, 1.165) is 17.7 Å². The number of esters is 1. The van der Waals surface area contributed by atoms with Crippen molar-refractivity contribution in [2.24, 2.45) is 10.9 Å². The molecular formula is C21H20FNO3. The number of cyclic esters (lactones) is 1. The molecule has 0 fully saturated rings. The Kier molecular flexibility index (Phi) is 5.46.